The molecule has 1 aliphatic heterocycles. The van der Waals surface area contributed by atoms with E-state index in [0.29, 0.717) is 0 Å². The maximum atomic E-state index is 4.50. The predicted molar refractivity (Wildman–Crippen MR) is 93.1 cm³/mol. The molecule has 5 nitrogen and oxygen atoms in total. The molecule has 4 heterocycles. The summed E-state index contributed by atoms with van der Waals surface area (Å²) in [6.45, 7) is 1.82. The number of aryl methyl sites for hydroxylation is 1. The van der Waals surface area contributed by atoms with Crippen molar-refractivity contribution in [3.63, 3.8) is 0 Å². The molecule has 112 valence electrons. The topological polar surface area (TPSA) is 46.8 Å². The van der Waals surface area contributed by atoms with Crippen molar-refractivity contribution in [2.24, 2.45) is 7.05 Å². The lowest BCUT2D eigenvalue weighted by Gasteiger charge is -2.27. The Balaban J connectivity index is 1.70. The van der Waals surface area contributed by atoms with Crippen LogP contribution in [0.3, 0.4) is 0 Å². The minimum Gasteiger partial charge on any atom is -0.352 e. The summed E-state index contributed by atoms with van der Waals surface area (Å²) in [5.41, 5.74) is 2.28. The van der Waals surface area contributed by atoms with Crippen LogP contribution in [0.25, 0.3) is 16.6 Å². The van der Waals surface area contributed by atoms with Crippen molar-refractivity contribution in [2.75, 3.05) is 18.0 Å². The summed E-state index contributed by atoms with van der Waals surface area (Å²) in [5, 5.41) is 7.50. The molecule has 0 unspecified atom stereocenters. The smallest absolute Gasteiger partial charge is 0.164 e. The second kappa shape index (κ2) is 5.48. The van der Waals surface area contributed by atoms with Crippen molar-refractivity contribution >= 4 is 49.7 Å². The van der Waals surface area contributed by atoms with Crippen LogP contribution in [0.4, 0.5) is 5.82 Å². The van der Waals surface area contributed by atoms with Gasteiger partial charge in [-0.15, -0.1) is 11.3 Å². The summed E-state index contributed by atoms with van der Waals surface area (Å²) in [5.74, 6) is 0.950. The fourth-order valence-electron chi connectivity index (χ4n) is 2.81. The third-order valence-electron chi connectivity index (χ3n) is 3.90. The van der Waals surface area contributed by atoms with Crippen molar-refractivity contribution in [1.82, 2.24) is 19.7 Å². The van der Waals surface area contributed by atoms with E-state index < -0.39 is 0 Å². The highest BCUT2D eigenvalue weighted by Gasteiger charge is 2.20. The fraction of sp³-hybridized carbons (Fsp3) is 0.267. The largest absolute Gasteiger partial charge is 0.352 e. The lowest BCUT2D eigenvalue weighted by molar-refractivity contribution is 0.777. The molecule has 0 saturated carbocycles. The maximum Gasteiger partial charge on any atom is 0.164 e. The number of hydrogen-bond donors (Lipinski definition) is 0. The molecule has 0 aliphatic carbocycles. The highest BCUT2D eigenvalue weighted by molar-refractivity contribution is 9.10. The summed E-state index contributed by atoms with van der Waals surface area (Å²) < 4.78 is 2.58. The van der Waals surface area contributed by atoms with Crippen LogP contribution in [-0.2, 0) is 7.05 Å². The molecule has 0 bridgehead atoms. The highest BCUT2D eigenvalue weighted by atomic mass is 79.9. The third-order valence-corrected chi connectivity index (χ3v) is 5.40. The SMILES string of the molecule is Cn1nc(Br)c2c(N3CC=C(c4cccs4)CC3)ncnc21. The summed E-state index contributed by atoms with van der Waals surface area (Å²) in [6, 6.07) is 4.29. The van der Waals surface area contributed by atoms with E-state index in [1.807, 2.05) is 7.05 Å². The van der Waals surface area contributed by atoms with Gasteiger partial charge in [-0.25, -0.2) is 14.6 Å². The molecule has 0 radical (unpaired) electrons. The van der Waals surface area contributed by atoms with Crippen LogP contribution in [0.1, 0.15) is 11.3 Å². The van der Waals surface area contributed by atoms with Gasteiger partial charge in [-0.05, 0) is 39.4 Å². The molecule has 4 rings (SSSR count). The number of nitrogens with zero attached hydrogens (tertiary/aromatic N) is 5. The second-order valence-corrected chi connectivity index (χ2v) is 6.91. The van der Waals surface area contributed by atoms with Crippen molar-refractivity contribution in [2.45, 2.75) is 6.42 Å². The summed E-state index contributed by atoms with van der Waals surface area (Å²) in [7, 11) is 1.90. The molecule has 22 heavy (non-hydrogen) atoms. The molecule has 3 aromatic rings. The first-order valence-corrected chi connectivity index (χ1v) is 8.72. The van der Waals surface area contributed by atoms with Gasteiger partial charge in [0.1, 0.15) is 16.7 Å². The molecule has 0 fully saturated rings. The van der Waals surface area contributed by atoms with Gasteiger partial charge in [0, 0.05) is 25.0 Å². The summed E-state index contributed by atoms with van der Waals surface area (Å²) in [6.07, 6.45) is 4.95. The van der Waals surface area contributed by atoms with Crippen LogP contribution in [0.2, 0.25) is 0 Å². The second-order valence-electron chi connectivity index (χ2n) is 5.21. The Morgan fingerprint density at radius 2 is 2.23 bits per heavy atom. The molecule has 0 saturated heterocycles. The Hall–Kier alpha value is -1.73. The molecule has 0 spiro atoms. The fourth-order valence-corrected chi connectivity index (χ4v) is 4.20. The molecule has 1 aliphatic rings. The van der Waals surface area contributed by atoms with E-state index in [1.165, 1.54) is 10.5 Å². The van der Waals surface area contributed by atoms with Crippen LogP contribution < -0.4 is 4.90 Å². The van der Waals surface area contributed by atoms with Gasteiger partial charge >= 0.3 is 0 Å². The van der Waals surface area contributed by atoms with Crippen LogP contribution in [-0.4, -0.2) is 32.8 Å². The standard InChI is InChI=1S/C15H14BrN5S/c1-20-14-12(13(16)19-20)15(18-9-17-14)21-6-4-10(5-7-21)11-3-2-8-22-11/h2-4,8-9H,5-7H2,1H3. The zero-order valence-electron chi connectivity index (χ0n) is 12.0. The zero-order chi connectivity index (χ0) is 15.1. The van der Waals surface area contributed by atoms with Crippen LogP contribution in [0, 0.1) is 0 Å². The number of thiophene rings is 1. The molecular formula is C15H14BrN5S. The predicted octanol–water partition coefficient (Wildman–Crippen LogP) is 3.48. The van der Waals surface area contributed by atoms with E-state index >= 15 is 0 Å². The Morgan fingerprint density at radius 3 is 2.95 bits per heavy atom. The molecule has 3 aromatic heterocycles. The average molecular weight is 376 g/mol. The van der Waals surface area contributed by atoms with Gasteiger partial charge in [-0.2, -0.15) is 5.10 Å². The first-order chi connectivity index (χ1) is 10.7. The Kier molecular flexibility index (Phi) is 3.46. The number of fused-ring (bicyclic) bond motifs is 1. The Bertz CT molecular complexity index is 852. The van der Waals surface area contributed by atoms with Crippen molar-refractivity contribution in [3.05, 3.63) is 39.4 Å². The molecule has 0 N–H and O–H groups in total. The normalized spacial score (nSPS) is 15.4. The molecule has 0 aromatic carbocycles. The van der Waals surface area contributed by atoms with E-state index in [1.54, 1.807) is 22.3 Å². The minimum atomic E-state index is 0.800. The van der Waals surface area contributed by atoms with Gasteiger partial charge in [-0.1, -0.05) is 12.1 Å². The number of aromatic nitrogens is 4. The number of halogens is 1. The van der Waals surface area contributed by atoms with E-state index in [0.717, 1.165) is 41.0 Å². The minimum absolute atomic E-state index is 0.800. The lowest BCUT2D eigenvalue weighted by atomic mass is 10.1. The van der Waals surface area contributed by atoms with E-state index in [9.17, 15) is 0 Å². The van der Waals surface area contributed by atoms with Crippen LogP contribution >= 0.6 is 27.3 Å². The van der Waals surface area contributed by atoms with Gasteiger partial charge in [0.15, 0.2) is 5.65 Å². The van der Waals surface area contributed by atoms with Gasteiger partial charge < -0.3 is 4.90 Å². The van der Waals surface area contributed by atoms with Crippen molar-refractivity contribution < 1.29 is 0 Å². The van der Waals surface area contributed by atoms with Gasteiger partial charge in [0.2, 0.25) is 0 Å². The number of rotatable bonds is 2. The number of anilines is 1. The van der Waals surface area contributed by atoms with Gasteiger partial charge in [0.05, 0.1) is 5.39 Å². The Morgan fingerprint density at radius 1 is 1.32 bits per heavy atom. The summed E-state index contributed by atoms with van der Waals surface area (Å²) >= 11 is 5.33. The van der Waals surface area contributed by atoms with Crippen molar-refractivity contribution in [1.29, 1.82) is 0 Å². The lowest BCUT2D eigenvalue weighted by Crippen LogP contribution is -2.29. The first-order valence-electron chi connectivity index (χ1n) is 7.05. The van der Waals surface area contributed by atoms with Gasteiger partial charge in [0.25, 0.3) is 0 Å². The van der Waals surface area contributed by atoms with E-state index in [2.05, 4.69) is 59.5 Å². The average Bonchev–Trinajstić information content (AvgIpc) is 3.17. The maximum absolute atomic E-state index is 4.50. The molecule has 7 heteroatoms. The Labute approximate surface area is 140 Å². The molecule has 0 atom stereocenters. The van der Waals surface area contributed by atoms with E-state index in [4.69, 9.17) is 0 Å². The van der Waals surface area contributed by atoms with Crippen molar-refractivity contribution in [3.8, 4) is 0 Å². The molecule has 0 amide bonds. The monoisotopic (exact) mass is 375 g/mol. The van der Waals surface area contributed by atoms with E-state index in [-0.39, 0.29) is 0 Å². The van der Waals surface area contributed by atoms with Gasteiger partial charge in [-0.3, -0.25) is 0 Å². The zero-order valence-corrected chi connectivity index (χ0v) is 14.4. The van der Waals surface area contributed by atoms with Crippen LogP contribution in [0.5, 0.6) is 0 Å². The highest BCUT2D eigenvalue weighted by Crippen LogP contribution is 2.32. The van der Waals surface area contributed by atoms with Crippen LogP contribution in [0.15, 0.2) is 34.5 Å². The quantitative estimate of drug-likeness (QED) is 0.687. The summed E-state index contributed by atoms with van der Waals surface area (Å²) in [4.78, 5) is 12.5. The first kappa shape index (κ1) is 13.9. The molecular weight excluding hydrogens is 362 g/mol. The number of hydrogen-bond acceptors (Lipinski definition) is 5. The third kappa shape index (κ3) is 2.24.